The maximum absolute atomic E-state index is 14.4. The standard InChI is InChI=1S/C19H16FN3O4/c20-13-6-2-1-4-11(13)16-12-5-3-7-14-17(12)23(19(27)18(26)21-16)9-8-22(14)10-15(24)25/h1-7,18,26H,8-10H2,(H,24,25). The molecule has 2 aliphatic heterocycles. The number of carbonyl (C=O) groups is 2. The first-order chi connectivity index (χ1) is 13.0. The molecule has 8 heteroatoms. The molecule has 1 unspecified atom stereocenters. The van der Waals surface area contributed by atoms with E-state index in [-0.39, 0.29) is 24.4 Å². The first kappa shape index (κ1) is 17.2. The molecule has 1 amide bonds. The van der Waals surface area contributed by atoms with Crippen molar-refractivity contribution in [3.05, 3.63) is 59.4 Å². The first-order valence-corrected chi connectivity index (χ1v) is 8.39. The van der Waals surface area contributed by atoms with Crippen LogP contribution in [0.3, 0.4) is 0 Å². The van der Waals surface area contributed by atoms with Crippen molar-refractivity contribution in [2.24, 2.45) is 4.99 Å². The van der Waals surface area contributed by atoms with Crippen molar-refractivity contribution in [1.29, 1.82) is 0 Å². The number of aliphatic carboxylic acids is 1. The highest BCUT2D eigenvalue weighted by Gasteiger charge is 2.37. The number of anilines is 2. The molecule has 0 saturated carbocycles. The van der Waals surface area contributed by atoms with E-state index in [1.807, 2.05) is 0 Å². The number of carboxylic acid groups (broad SMARTS) is 1. The monoisotopic (exact) mass is 369 g/mol. The number of rotatable bonds is 3. The summed E-state index contributed by atoms with van der Waals surface area (Å²) in [4.78, 5) is 31.0. The van der Waals surface area contributed by atoms with Crippen molar-refractivity contribution in [2.45, 2.75) is 6.23 Å². The van der Waals surface area contributed by atoms with Gasteiger partial charge in [-0.15, -0.1) is 0 Å². The summed E-state index contributed by atoms with van der Waals surface area (Å²) in [6, 6.07) is 11.1. The molecular weight excluding hydrogens is 353 g/mol. The number of carbonyl (C=O) groups excluding carboxylic acids is 1. The van der Waals surface area contributed by atoms with Crippen LogP contribution < -0.4 is 9.80 Å². The number of para-hydroxylation sites is 1. The molecule has 0 bridgehead atoms. The quantitative estimate of drug-likeness (QED) is 0.849. The molecule has 0 spiro atoms. The lowest BCUT2D eigenvalue weighted by Crippen LogP contribution is -2.48. The number of hydrogen-bond donors (Lipinski definition) is 2. The number of halogens is 1. The fourth-order valence-corrected chi connectivity index (χ4v) is 3.52. The number of hydrogen-bond acceptors (Lipinski definition) is 5. The summed E-state index contributed by atoms with van der Waals surface area (Å²) >= 11 is 0. The van der Waals surface area contributed by atoms with Gasteiger partial charge >= 0.3 is 5.97 Å². The third-order valence-electron chi connectivity index (χ3n) is 4.67. The van der Waals surface area contributed by atoms with Crippen LogP contribution in [0.5, 0.6) is 0 Å². The summed E-state index contributed by atoms with van der Waals surface area (Å²) in [5.41, 5.74) is 1.76. The molecule has 2 aromatic rings. The number of amides is 1. The summed E-state index contributed by atoms with van der Waals surface area (Å²) < 4.78 is 14.4. The van der Waals surface area contributed by atoms with E-state index in [0.29, 0.717) is 23.5 Å². The molecule has 2 aliphatic rings. The minimum atomic E-state index is -1.66. The van der Waals surface area contributed by atoms with Crippen LogP contribution in [0.25, 0.3) is 0 Å². The number of aliphatic imine (C=N–C) groups is 1. The van der Waals surface area contributed by atoms with Gasteiger partial charge < -0.3 is 20.0 Å². The Balaban J connectivity index is 1.95. The van der Waals surface area contributed by atoms with Crippen molar-refractivity contribution >= 4 is 29.0 Å². The molecule has 0 aromatic heterocycles. The second kappa shape index (κ2) is 6.48. The smallest absolute Gasteiger partial charge is 0.323 e. The number of carboxylic acids is 1. The first-order valence-electron chi connectivity index (χ1n) is 8.39. The molecule has 7 nitrogen and oxygen atoms in total. The van der Waals surface area contributed by atoms with Gasteiger partial charge in [-0.25, -0.2) is 9.38 Å². The van der Waals surface area contributed by atoms with Crippen LogP contribution >= 0.6 is 0 Å². The molecule has 0 aliphatic carbocycles. The average Bonchev–Trinajstić information content (AvgIpc) is 2.75. The fourth-order valence-electron chi connectivity index (χ4n) is 3.52. The van der Waals surface area contributed by atoms with Crippen LogP contribution in [0.15, 0.2) is 47.5 Å². The van der Waals surface area contributed by atoms with Crippen molar-refractivity contribution in [1.82, 2.24) is 0 Å². The van der Waals surface area contributed by atoms with Crippen LogP contribution in [0.1, 0.15) is 11.1 Å². The molecular formula is C19H16FN3O4. The zero-order valence-electron chi connectivity index (χ0n) is 14.2. The van der Waals surface area contributed by atoms with Crippen molar-refractivity contribution in [2.75, 3.05) is 29.4 Å². The van der Waals surface area contributed by atoms with Crippen LogP contribution in [0.4, 0.5) is 15.8 Å². The van der Waals surface area contributed by atoms with E-state index >= 15 is 0 Å². The van der Waals surface area contributed by atoms with Gasteiger partial charge in [0.1, 0.15) is 12.4 Å². The summed E-state index contributed by atoms with van der Waals surface area (Å²) in [6.07, 6.45) is -1.66. The second-order valence-corrected chi connectivity index (χ2v) is 6.31. The highest BCUT2D eigenvalue weighted by Crippen LogP contribution is 2.39. The molecule has 27 heavy (non-hydrogen) atoms. The lowest BCUT2D eigenvalue weighted by molar-refractivity contribution is -0.135. The van der Waals surface area contributed by atoms with Crippen molar-refractivity contribution in [3.8, 4) is 0 Å². The van der Waals surface area contributed by atoms with E-state index in [4.69, 9.17) is 0 Å². The topological polar surface area (TPSA) is 93.4 Å². The molecule has 0 fully saturated rings. The number of aliphatic hydroxyl groups excluding tert-OH is 1. The third kappa shape index (κ3) is 2.83. The number of benzene rings is 2. The van der Waals surface area contributed by atoms with Crippen LogP contribution in [0, 0.1) is 5.82 Å². The second-order valence-electron chi connectivity index (χ2n) is 6.31. The van der Waals surface area contributed by atoms with Crippen LogP contribution in [-0.2, 0) is 9.59 Å². The normalized spacial score (nSPS) is 18.7. The largest absolute Gasteiger partial charge is 0.480 e. The zero-order valence-corrected chi connectivity index (χ0v) is 14.2. The molecule has 0 saturated heterocycles. The van der Waals surface area contributed by atoms with Gasteiger partial charge in [-0.05, 0) is 18.2 Å². The summed E-state index contributed by atoms with van der Waals surface area (Å²) in [7, 11) is 0. The lowest BCUT2D eigenvalue weighted by atomic mass is 9.97. The van der Waals surface area contributed by atoms with E-state index in [2.05, 4.69) is 4.99 Å². The Labute approximate surface area is 154 Å². The Bertz CT molecular complexity index is 975. The van der Waals surface area contributed by atoms with Crippen LogP contribution in [0.2, 0.25) is 0 Å². The number of nitrogens with zero attached hydrogens (tertiary/aromatic N) is 3. The van der Waals surface area contributed by atoms with Gasteiger partial charge in [-0.3, -0.25) is 9.59 Å². The van der Waals surface area contributed by atoms with Crippen LogP contribution in [-0.4, -0.2) is 53.7 Å². The lowest BCUT2D eigenvalue weighted by Gasteiger charge is -2.37. The Morgan fingerprint density at radius 3 is 2.63 bits per heavy atom. The van der Waals surface area contributed by atoms with Gasteiger partial charge in [0.15, 0.2) is 0 Å². The minimum Gasteiger partial charge on any atom is -0.480 e. The Hall–Kier alpha value is -3.26. The van der Waals surface area contributed by atoms with E-state index in [1.54, 1.807) is 35.2 Å². The Morgan fingerprint density at radius 1 is 1.15 bits per heavy atom. The number of aliphatic hydroxyl groups is 1. The van der Waals surface area contributed by atoms with Gasteiger partial charge in [-0.1, -0.05) is 24.3 Å². The Morgan fingerprint density at radius 2 is 1.89 bits per heavy atom. The molecule has 0 radical (unpaired) electrons. The Kier molecular flexibility index (Phi) is 4.12. The summed E-state index contributed by atoms with van der Waals surface area (Å²) in [6.45, 7) is 0.275. The van der Waals surface area contributed by atoms with Gasteiger partial charge in [0.05, 0.1) is 17.1 Å². The highest BCUT2D eigenvalue weighted by atomic mass is 19.1. The maximum atomic E-state index is 14.4. The molecule has 2 heterocycles. The van der Waals surface area contributed by atoms with Gasteiger partial charge in [-0.2, -0.15) is 0 Å². The fraction of sp³-hybridized carbons (Fsp3) is 0.211. The molecule has 2 N–H and O–H groups in total. The molecule has 138 valence electrons. The van der Waals surface area contributed by atoms with Crippen molar-refractivity contribution in [3.63, 3.8) is 0 Å². The molecule has 4 rings (SSSR count). The molecule has 1 atom stereocenters. The predicted octanol–water partition coefficient (Wildman–Crippen LogP) is 1.23. The van der Waals surface area contributed by atoms with E-state index < -0.39 is 23.9 Å². The van der Waals surface area contributed by atoms with Gasteiger partial charge in [0, 0.05) is 24.2 Å². The minimum absolute atomic E-state index is 0.158. The SMILES string of the molecule is O=C(O)CN1CCN2C(=O)C(O)N=C(c3ccccc3F)c3cccc1c32. The van der Waals surface area contributed by atoms with Gasteiger partial charge in [0.25, 0.3) is 5.91 Å². The van der Waals surface area contributed by atoms with E-state index in [0.717, 1.165) is 0 Å². The molecule has 2 aromatic carbocycles. The van der Waals surface area contributed by atoms with E-state index in [1.165, 1.54) is 17.0 Å². The zero-order chi connectivity index (χ0) is 19.1. The van der Waals surface area contributed by atoms with E-state index in [9.17, 15) is 24.2 Å². The summed E-state index contributed by atoms with van der Waals surface area (Å²) in [5.74, 6) is -2.14. The van der Waals surface area contributed by atoms with Crippen molar-refractivity contribution < 1.29 is 24.2 Å². The average molecular weight is 369 g/mol. The summed E-state index contributed by atoms with van der Waals surface area (Å²) in [5, 5.41) is 19.4. The highest BCUT2D eigenvalue weighted by molar-refractivity contribution is 6.22. The third-order valence-corrected chi connectivity index (χ3v) is 4.67. The van der Waals surface area contributed by atoms with Gasteiger partial charge in [0.2, 0.25) is 6.23 Å². The predicted molar refractivity (Wildman–Crippen MR) is 96.7 cm³/mol. The maximum Gasteiger partial charge on any atom is 0.323 e.